The van der Waals surface area contributed by atoms with E-state index in [0.717, 1.165) is 6.07 Å². The highest BCUT2D eigenvalue weighted by molar-refractivity contribution is 9.10. The topological polar surface area (TPSA) is 50.9 Å². The number of alkyl halides is 3. The van der Waals surface area contributed by atoms with Crippen molar-refractivity contribution >= 4 is 21.7 Å². The molecule has 0 saturated carbocycles. The van der Waals surface area contributed by atoms with E-state index in [2.05, 4.69) is 20.9 Å². The van der Waals surface area contributed by atoms with Gasteiger partial charge in [-0.25, -0.2) is 10.8 Å². The van der Waals surface area contributed by atoms with Crippen molar-refractivity contribution in [2.45, 2.75) is 6.18 Å². The van der Waals surface area contributed by atoms with Crippen molar-refractivity contribution < 1.29 is 13.2 Å². The maximum absolute atomic E-state index is 12.3. The second kappa shape index (κ2) is 3.51. The zero-order valence-corrected chi connectivity index (χ0v) is 7.78. The lowest BCUT2D eigenvalue weighted by Gasteiger charge is -2.10. The normalized spacial score (nSPS) is 11.5. The molecule has 0 aliphatic carbocycles. The standard InChI is InChI=1S/C6H5BrF3N3/c7-3-1-4(6(8,9)10)5(13-11)12-2-3/h1-2H,11H2,(H,12,13). The van der Waals surface area contributed by atoms with Gasteiger partial charge in [-0.2, -0.15) is 13.2 Å². The number of hydrazine groups is 1. The van der Waals surface area contributed by atoms with Crippen LogP contribution in [-0.2, 0) is 6.18 Å². The maximum atomic E-state index is 12.3. The summed E-state index contributed by atoms with van der Waals surface area (Å²) in [4.78, 5) is 3.46. The molecular weight excluding hydrogens is 251 g/mol. The Morgan fingerprint density at radius 2 is 2.08 bits per heavy atom. The van der Waals surface area contributed by atoms with Crippen LogP contribution in [0, 0.1) is 0 Å². The average molecular weight is 256 g/mol. The molecule has 0 saturated heterocycles. The van der Waals surface area contributed by atoms with Gasteiger partial charge < -0.3 is 5.43 Å². The van der Waals surface area contributed by atoms with E-state index in [0.29, 0.717) is 0 Å². The molecule has 1 heterocycles. The van der Waals surface area contributed by atoms with E-state index in [1.165, 1.54) is 6.20 Å². The summed E-state index contributed by atoms with van der Waals surface area (Å²) in [5, 5.41) is 0. The van der Waals surface area contributed by atoms with Crippen molar-refractivity contribution in [1.29, 1.82) is 0 Å². The number of hydrogen-bond donors (Lipinski definition) is 2. The molecule has 3 nitrogen and oxygen atoms in total. The third kappa shape index (κ3) is 2.31. The minimum atomic E-state index is -4.46. The first kappa shape index (κ1) is 10.3. The quantitative estimate of drug-likeness (QED) is 0.597. The Morgan fingerprint density at radius 1 is 1.46 bits per heavy atom. The van der Waals surface area contributed by atoms with Gasteiger partial charge in [0.15, 0.2) is 5.82 Å². The fourth-order valence-electron chi connectivity index (χ4n) is 0.770. The number of nitrogens with two attached hydrogens (primary N) is 1. The molecule has 1 aromatic heterocycles. The summed E-state index contributed by atoms with van der Waals surface area (Å²) in [7, 11) is 0. The highest BCUT2D eigenvalue weighted by Gasteiger charge is 2.34. The van der Waals surface area contributed by atoms with E-state index in [1.807, 2.05) is 5.43 Å². The fraction of sp³-hybridized carbons (Fsp3) is 0.167. The molecule has 1 rings (SSSR count). The third-order valence-electron chi connectivity index (χ3n) is 1.30. The van der Waals surface area contributed by atoms with E-state index >= 15 is 0 Å². The maximum Gasteiger partial charge on any atom is 0.420 e. The molecule has 0 unspecified atom stereocenters. The van der Waals surface area contributed by atoms with Gasteiger partial charge >= 0.3 is 6.18 Å². The molecule has 0 aromatic carbocycles. The van der Waals surface area contributed by atoms with Crippen LogP contribution in [-0.4, -0.2) is 4.98 Å². The van der Waals surface area contributed by atoms with Crippen molar-refractivity contribution in [3.05, 3.63) is 22.3 Å². The lowest BCUT2D eigenvalue weighted by atomic mass is 10.2. The Bertz CT molecular complexity index is 312. The molecule has 72 valence electrons. The smallest absolute Gasteiger partial charge is 0.308 e. The summed E-state index contributed by atoms with van der Waals surface area (Å²) in [5.74, 6) is 4.48. The van der Waals surface area contributed by atoms with Gasteiger partial charge in [-0.1, -0.05) is 0 Å². The fourth-order valence-corrected chi connectivity index (χ4v) is 1.10. The lowest BCUT2D eigenvalue weighted by Crippen LogP contribution is -2.16. The summed E-state index contributed by atoms with van der Waals surface area (Å²) in [6.07, 6.45) is -3.23. The van der Waals surface area contributed by atoms with E-state index in [9.17, 15) is 13.2 Å². The number of nitrogens with one attached hydrogen (secondary N) is 1. The number of hydrogen-bond acceptors (Lipinski definition) is 3. The van der Waals surface area contributed by atoms with Crippen LogP contribution < -0.4 is 11.3 Å². The van der Waals surface area contributed by atoms with Crippen LogP contribution in [0.3, 0.4) is 0 Å². The molecule has 0 radical (unpaired) electrons. The predicted molar refractivity (Wildman–Crippen MR) is 44.7 cm³/mol. The number of nitrogen functional groups attached to an aromatic ring is 1. The molecule has 0 aliphatic rings. The molecule has 0 aliphatic heterocycles. The lowest BCUT2D eigenvalue weighted by molar-refractivity contribution is -0.137. The van der Waals surface area contributed by atoms with E-state index in [-0.39, 0.29) is 4.47 Å². The molecule has 7 heteroatoms. The first-order valence-corrected chi connectivity index (χ1v) is 3.94. The molecule has 3 N–H and O–H groups in total. The van der Waals surface area contributed by atoms with E-state index < -0.39 is 17.6 Å². The molecule has 0 atom stereocenters. The largest absolute Gasteiger partial charge is 0.420 e. The number of anilines is 1. The van der Waals surface area contributed by atoms with Gasteiger partial charge in [0.05, 0.1) is 0 Å². The van der Waals surface area contributed by atoms with Crippen LogP contribution in [0.5, 0.6) is 0 Å². The molecule has 13 heavy (non-hydrogen) atoms. The second-order valence-corrected chi connectivity index (χ2v) is 3.11. The van der Waals surface area contributed by atoms with Gasteiger partial charge in [0.1, 0.15) is 5.56 Å². The van der Waals surface area contributed by atoms with Crippen LogP contribution >= 0.6 is 15.9 Å². The first-order valence-electron chi connectivity index (χ1n) is 3.14. The highest BCUT2D eigenvalue weighted by Crippen LogP contribution is 2.34. The SMILES string of the molecule is NNc1ncc(Br)cc1C(F)(F)F. The Labute approximate surface area is 80.2 Å². The molecule has 0 bridgehead atoms. The third-order valence-corrected chi connectivity index (χ3v) is 1.73. The van der Waals surface area contributed by atoms with Gasteiger partial charge in [0, 0.05) is 10.7 Å². The molecular formula is C6H5BrF3N3. The summed E-state index contributed by atoms with van der Waals surface area (Å²) >= 11 is 2.89. The molecule has 0 spiro atoms. The monoisotopic (exact) mass is 255 g/mol. The van der Waals surface area contributed by atoms with Gasteiger partial charge in [-0.3, -0.25) is 0 Å². The van der Waals surface area contributed by atoms with Crippen LogP contribution in [0.4, 0.5) is 19.0 Å². The number of aromatic nitrogens is 1. The summed E-state index contributed by atoms with van der Waals surface area (Å²) in [5.41, 5.74) is 0.979. The van der Waals surface area contributed by atoms with Crippen LogP contribution in [0.1, 0.15) is 5.56 Å². The van der Waals surface area contributed by atoms with Crippen molar-refractivity contribution in [2.75, 3.05) is 5.43 Å². The van der Waals surface area contributed by atoms with Crippen LogP contribution in [0.15, 0.2) is 16.7 Å². The Hall–Kier alpha value is -0.820. The minimum absolute atomic E-state index is 0.249. The summed E-state index contributed by atoms with van der Waals surface area (Å²) in [6.45, 7) is 0. The van der Waals surface area contributed by atoms with Gasteiger partial charge in [0.2, 0.25) is 0 Å². The molecule has 0 fully saturated rings. The number of rotatable bonds is 1. The zero-order chi connectivity index (χ0) is 10.1. The van der Waals surface area contributed by atoms with E-state index in [4.69, 9.17) is 5.84 Å². The Kier molecular flexibility index (Phi) is 2.77. The Morgan fingerprint density at radius 3 is 2.54 bits per heavy atom. The van der Waals surface area contributed by atoms with E-state index in [1.54, 1.807) is 0 Å². The van der Waals surface area contributed by atoms with Gasteiger partial charge in [0.25, 0.3) is 0 Å². The van der Waals surface area contributed by atoms with Gasteiger partial charge in [-0.05, 0) is 22.0 Å². The zero-order valence-electron chi connectivity index (χ0n) is 6.19. The second-order valence-electron chi connectivity index (χ2n) is 2.19. The van der Waals surface area contributed by atoms with Crippen LogP contribution in [0.25, 0.3) is 0 Å². The predicted octanol–water partition coefficient (Wildman–Crippen LogP) is 2.15. The summed E-state index contributed by atoms with van der Waals surface area (Å²) in [6, 6.07) is 0.905. The first-order chi connectivity index (χ1) is 5.95. The van der Waals surface area contributed by atoms with Gasteiger partial charge in [-0.15, -0.1) is 0 Å². The average Bonchev–Trinajstić information content (AvgIpc) is 2.03. The van der Waals surface area contributed by atoms with Crippen molar-refractivity contribution in [2.24, 2.45) is 5.84 Å². The highest BCUT2D eigenvalue weighted by atomic mass is 79.9. The van der Waals surface area contributed by atoms with Crippen LogP contribution in [0.2, 0.25) is 0 Å². The molecule has 0 amide bonds. The van der Waals surface area contributed by atoms with Crippen molar-refractivity contribution in [1.82, 2.24) is 4.98 Å². The molecule has 1 aromatic rings. The van der Waals surface area contributed by atoms with Crippen molar-refractivity contribution in [3.8, 4) is 0 Å². The Balaban J connectivity index is 3.24. The number of nitrogens with zero attached hydrogens (tertiary/aromatic N) is 1. The minimum Gasteiger partial charge on any atom is -0.308 e. The summed E-state index contributed by atoms with van der Waals surface area (Å²) < 4.78 is 37.0. The number of pyridine rings is 1. The number of halogens is 4. The van der Waals surface area contributed by atoms with Crippen molar-refractivity contribution in [3.63, 3.8) is 0 Å².